The second-order valence-electron chi connectivity index (χ2n) is 5.92. The van der Waals surface area contributed by atoms with Gasteiger partial charge in [-0.05, 0) is 0 Å². The molecular weight excluding hydrogens is 430 g/mol. The number of rotatable bonds is 0. The molecule has 0 aliphatic rings. The number of benzene rings is 1. The van der Waals surface area contributed by atoms with Crippen LogP contribution in [0.25, 0.3) is 10.8 Å². The molecule has 0 spiro atoms. The first-order chi connectivity index (χ1) is 10.3. The van der Waals surface area contributed by atoms with Gasteiger partial charge in [-0.1, -0.05) is 33.8 Å². The van der Waals surface area contributed by atoms with Crippen LogP contribution in [0.4, 0.5) is 0 Å². The van der Waals surface area contributed by atoms with Gasteiger partial charge in [-0.3, -0.25) is 0 Å². The molecule has 24 heavy (non-hydrogen) atoms. The number of hydrogen-bond acceptors (Lipinski definition) is 0. The fraction of sp³-hybridized carbons (Fsp3) is 0.300. The molecule has 0 bridgehead atoms. The number of hydrogen-bond donors (Lipinski definition) is 0. The van der Waals surface area contributed by atoms with E-state index >= 15 is 0 Å². The average Bonchev–Trinajstić information content (AvgIpc) is 3.01. The van der Waals surface area contributed by atoms with E-state index in [2.05, 4.69) is 89.3 Å². The minimum Gasteiger partial charge on any atom is -1.00 e. The Labute approximate surface area is 175 Å². The third kappa shape index (κ3) is 8.81. The molecule has 0 amide bonds. The minimum absolute atomic E-state index is 0. The summed E-state index contributed by atoms with van der Waals surface area (Å²) in [6.07, 6.45) is 0. The molecule has 0 atom stereocenters. The molecule has 0 radical (unpaired) electrons. The molecule has 0 aromatic heterocycles. The zero-order valence-corrected chi connectivity index (χ0v) is 20.3. The minimum atomic E-state index is 0. The Hall–Kier alpha value is -0.140. The maximum absolute atomic E-state index is 2.31. The van der Waals surface area contributed by atoms with E-state index in [0.29, 0.717) is 0 Å². The zero-order valence-electron chi connectivity index (χ0n) is 15.4. The van der Waals surface area contributed by atoms with Crippen molar-refractivity contribution in [2.75, 3.05) is 0 Å². The molecule has 0 aliphatic carbocycles. The summed E-state index contributed by atoms with van der Waals surface area (Å²) in [6.45, 7) is 13.3. The first kappa shape index (κ1) is 26.1. The summed E-state index contributed by atoms with van der Waals surface area (Å²) in [5.41, 5.74) is 5.96. The van der Waals surface area contributed by atoms with Crippen molar-refractivity contribution in [3.05, 3.63) is 70.8 Å². The molecule has 0 fully saturated rings. The van der Waals surface area contributed by atoms with Crippen molar-refractivity contribution in [2.24, 2.45) is 0 Å². The summed E-state index contributed by atoms with van der Waals surface area (Å²) in [5.74, 6) is 0. The van der Waals surface area contributed by atoms with Gasteiger partial charge in [-0.25, -0.2) is 0 Å². The molecule has 4 heteroatoms. The van der Waals surface area contributed by atoms with E-state index < -0.39 is 0 Å². The predicted octanol–water partition coefficient (Wildman–Crippen LogP) is -0.00982. The van der Waals surface area contributed by atoms with Crippen molar-refractivity contribution < 1.29 is 48.1 Å². The Morgan fingerprint density at radius 1 is 1.00 bits per heavy atom. The second kappa shape index (κ2) is 13.1. The summed E-state index contributed by atoms with van der Waals surface area (Å²) in [6, 6.07) is 16.9. The summed E-state index contributed by atoms with van der Waals surface area (Å²) >= 11 is 1.74. The van der Waals surface area contributed by atoms with Crippen LogP contribution in [-0.4, -0.2) is 5.43 Å². The molecular formula is C20H26Cl2SiZr-2. The average molecular weight is 457 g/mol. The van der Waals surface area contributed by atoms with Gasteiger partial charge in [0.2, 0.25) is 0 Å². The quantitative estimate of drug-likeness (QED) is 0.330. The van der Waals surface area contributed by atoms with E-state index in [1.807, 2.05) is 0 Å². The van der Waals surface area contributed by atoms with Gasteiger partial charge in [0.25, 0.3) is 0 Å². The van der Waals surface area contributed by atoms with Crippen LogP contribution in [0.2, 0.25) is 13.1 Å². The maximum atomic E-state index is 2.31. The predicted molar refractivity (Wildman–Crippen MR) is 98.0 cm³/mol. The fourth-order valence-electron chi connectivity index (χ4n) is 2.20. The Morgan fingerprint density at radius 2 is 1.54 bits per heavy atom. The van der Waals surface area contributed by atoms with E-state index in [1.165, 1.54) is 33.0 Å². The molecule has 0 saturated heterocycles. The van der Waals surface area contributed by atoms with E-state index in [9.17, 15) is 0 Å². The summed E-state index contributed by atoms with van der Waals surface area (Å²) in [5, 5.41) is 2.66. The van der Waals surface area contributed by atoms with Gasteiger partial charge in [0.15, 0.2) is 0 Å². The Morgan fingerprint density at radius 3 is 1.92 bits per heavy atom. The van der Waals surface area contributed by atoms with E-state index in [-0.39, 0.29) is 30.2 Å². The standard InChI is InChI=1S/C9H7.C9H13.C2H6Si.2ClH.Zr/c1-2-5-9-7-3-6-8(9)4-1;1-6-5-7(2)9(4)8(6)3;1-3-2;;;/h1-7H;5H,1-4H3;1-2H3;2*1H;/q2*-1;;;;+2/p-2. The molecule has 130 valence electrons. The molecule has 0 saturated carbocycles. The third-order valence-corrected chi connectivity index (χ3v) is 3.73. The molecule has 0 nitrogen and oxygen atoms in total. The Bertz CT molecular complexity index is 685. The largest absolute Gasteiger partial charge is 1.00 e. The number of halogens is 2. The monoisotopic (exact) mass is 454 g/mol. The molecule has 3 aromatic rings. The van der Waals surface area contributed by atoms with E-state index in [4.69, 9.17) is 0 Å². The SMILES string of the molecule is C[Si](C)=[Zr+2].Cc1c[c-](C)c(C)c1C.[Cl-].[Cl-].c1ccc2[cH-]ccc2c1. The Kier molecular flexibility index (Phi) is 14.3. The zero-order chi connectivity index (χ0) is 16.7. The van der Waals surface area contributed by atoms with Gasteiger partial charge in [0, 0.05) is 0 Å². The molecule has 3 aromatic carbocycles. The van der Waals surface area contributed by atoms with Crippen LogP contribution in [0.15, 0.2) is 48.5 Å². The van der Waals surface area contributed by atoms with Crippen molar-refractivity contribution in [1.29, 1.82) is 0 Å². The Balaban J connectivity index is 0. The van der Waals surface area contributed by atoms with E-state index in [1.54, 1.807) is 23.3 Å². The van der Waals surface area contributed by atoms with Crippen LogP contribution >= 0.6 is 0 Å². The smallest absolute Gasteiger partial charge is 0.0630 e. The van der Waals surface area contributed by atoms with Crippen molar-refractivity contribution in [3.63, 3.8) is 0 Å². The third-order valence-electron chi connectivity index (χ3n) is 3.73. The fourth-order valence-corrected chi connectivity index (χ4v) is 2.20. The van der Waals surface area contributed by atoms with Crippen LogP contribution in [0.3, 0.4) is 0 Å². The number of fused-ring (bicyclic) bond motifs is 1. The van der Waals surface area contributed by atoms with Crippen LogP contribution in [-0.2, 0) is 23.3 Å². The normalized spacial score (nSPS) is 8.83. The van der Waals surface area contributed by atoms with Crippen LogP contribution in [0, 0.1) is 27.7 Å². The summed E-state index contributed by atoms with van der Waals surface area (Å²) < 4.78 is 0. The molecule has 0 heterocycles. The first-order valence-electron chi connectivity index (χ1n) is 7.65. The molecule has 0 unspecified atom stereocenters. The van der Waals surface area contributed by atoms with Crippen LogP contribution in [0.5, 0.6) is 0 Å². The molecule has 0 N–H and O–H groups in total. The van der Waals surface area contributed by atoms with Gasteiger partial charge in [0.1, 0.15) is 0 Å². The van der Waals surface area contributed by atoms with Gasteiger partial charge in [-0.2, -0.15) is 45.8 Å². The van der Waals surface area contributed by atoms with Crippen molar-refractivity contribution in [1.82, 2.24) is 0 Å². The van der Waals surface area contributed by atoms with Crippen molar-refractivity contribution in [2.45, 2.75) is 40.8 Å². The molecule has 3 rings (SSSR count). The van der Waals surface area contributed by atoms with Crippen LogP contribution in [0.1, 0.15) is 22.3 Å². The van der Waals surface area contributed by atoms with Gasteiger partial charge in [-0.15, -0.1) is 29.7 Å². The first-order valence-corrected chi connectivity index (χ1v) is 13.8. The summed E-state index contributed by atoms with van der Waals surface area (Å²) in [4.78, 5) is 0. The van der Waals surface area contributed by atoms with Gasteiger partial charge >= 0.3 is 41.9 Å². The van der Waals surface area contributed by atoms with Gasteiger partial charge < -0.3 is 24.8 Å². The second-order valence-corrected chi connectivity index (χ2v) is 15.3. The van der Waals surface area contributed by atoms with E-state index in [0.717, 1.165) is 0 Å². The topological polar surface area (TPSA) is 0 Å². The van der Waals surface area contributed by atoms with Gasteiger partial charge in [0.05, 0.1) is 0 Å². The number of aryl methyl sites for hydroxylation is 2. The molecule has 0 aliphatic heterocycles. The van der Waals surface area contributed by atoms with Crippen LogP contribution < -0.4 is 24.8 Å². The summed E-state index contributed by atoms with van der Waals surface area (Å²) in [7, 11) is 0. The maximum Gasteiger partial charge on any atom is -0.0630 e. The van der Waals surface area contributed by atoms with Crippen molar-refractivity contribution >= 4 is 16.2 Å². The van der Waals surface area contributed by atoms with Crippen molar-refractivity contribution in [3.8, 4) is 0 Å².